The Kier molecular flexibility index (Phi) is 3.28. The molecule has 0 saturated carbocycles. The van der Waals surface area contributed by atoms with E-state index in [1.54, 1.807) is 0 Å². The number of likely N-dealkylation sites (tertiary alicyclic amines) is 1. The Labute approximate surface area is 98.2 Å². The average molecular weight is 244 g/mol. The van der Waals surface area contributed by atoms with Gasteiger partial charge in [-0.25, -0.2) is 0 Å². The van der Waals surface area contributed by atoms with Gasteiger partial charge in [0.05, 0.1) is 5.56 Å². The minimum Gasteiger partial charge on any atom is -0.398 e. The molecule has 2 nitrogen and oxygen atoms in total. The highest BCUT2D eigenvalue weighted by atomic mass is 19.4. The number of hydrogen-bond donors (Lipinski definition) is 1. The summed E-state index contributed by atoms with van der Waals surface area (Å²) in [6.45, 7) is 2.00. The highest BCUT2D eigenvalue weighted by molar-refractivity contribution is 5.51. The molecule has 0 radical (unpaired) electrons. The van der Waals surface area contributed by atoms with Crippen LogP contribution in [0.3, 0.4) is 0 Å². The molecule has 0 amide bonds. The first-order valence-electron chi connectivity index (χ1n) is 5.65. The summed E-state index contributed by atoms with van der Waals surface area (Å²) in [7, 11) is 0. The molecule has 0 bridgehead atoms. The number of benzene rings is 1. The number of rotatable bonds is 2. The van der Waals surface area contributed by atoms with Gasteiger partial charge >= 0.3 is 6.18 Å². The van der Waals surface area contributed by atoms with Crippen molar-refractivity contribution in [3.63, 3.8) is 0 Å². The molecule has 1 aromatic rings. The number of anilines is 1. The molecule has 1 fully saturated rings. The number of alkyl halides is 3. The first-order valence-corrected chi connectivity index (χ1v) is 5.65. The van der Waals surface area contributed by atoms with Crippen LogP contribution in [-0.2, 0) is 12.7 Å². The molecule has 2 N–H and O–H groups in total. The molecule has 1 heterocycles. The summed E-state index contributed by atoms with van der Waals surface area (Å²) in [5.74, 6) is 0. The maximum absolute atomic E-state index is 12.8. The highest BCUT2D eigenvalue weighted by Crippen LogP contribution is 2.35. The van der Waals surface area contributed by atoms with Crippen molar-refractivity contribution in [1.82, 2.24) is 4.90 Å². The van der Waals surface area contributed by atoms with Crippen LogP contribution in [0, 0.1) is 0 Å². The molecule has 94 valence electrons. The summed E-state index contributed by atoms with van der Waals surface area (Å²) in [6, 6.07) is 3.98. The normalized spacial score (nSPS) is 17.6. The highest BCUT2D eigenvalue weighted by Gasteiger charge is 2.34. The summed E-state index contributed by atoms with van der Waals surface area (Å²) >= 11 is 0. The molecule has 0 aromatic heterocycles. The topological polar surface area (TPSA) is 29.3 Å². The summed E-state index contributed by atoms with van der Waals surface area (Å²) in [4.78, 5) is 2.01. The fourth-order valence-electron chi connectivity index (χ4n) is 2.21. The molecule has 1 aromatic carbocycles. The maximum Gasteiger partial charge on any atom is 0.416 e. The van der Waals surface area contributed by atoms with E-state index in [1.165, 1.54) is 12.1 Å². The van der Waals surface area contributed by atoms with Crippen molar-refractivity contribution in [2.24, 2.45) is 0 Å². The fraction of sp³-hybridized carbons (Fsp3) is 0.500. The molecular formula is C12H15F3N2. The maximum atomic E-state index is 12.8. The molecule has 5 heteroatoms. The van der Waals surface area contributed by atoms with Gasteiger partial charge < -0.3 is 5.73 Å². The summed E-state index contributed by atoms with van der Waals surface area (Å²) in [5, 5.41) is 0. The Morgan fingerprint density at radius 2 is 1.82 bits per heavy atom. The lowest BCUT2D eigenvalue weighted by atomic mass is 10.0. The van der Waals surface area contributed by atoms with E-state index in [0.29, 0.717) is 6.54 Å². The SMILES string of the molecule is Nc1cccc(C(F)(F)F)c1CN1CCCC1. The molecule has 0 atom stereocenters. The number of halogens is 3. The van der Waals surface area contributed by atoms with E-state index in [0.717, 1.165) is 32.0 Å². The van der Waals surface area contributed by atoms with Crippen molar-refractivity contribution in [2.45, 2.75) is 25.6 Å². The van der Waals surface area contributed by atoms with Crippen LogP contribution in [0.25, 0.3) is 0 Å². The lowest BCUT2D eigenvalue weighted by Crippen LogP contribution is -2.22. The minimum atomic E-state index is -4.33. The van der Waals surface area contributed by atoms with E-state index in [2.05, 4.69) is 0 Å². The van der Waals surface area contributed by atoms with E-state index < -0.39 is 11.7 Å². The summed E-state index contributed by atoms with van der Waals surface area (Å²) in [5.41, 5.74) is 5.50. The Bertz CT molecular complexity index is 395. The van der Waals surface area contributed by atoms with Crippen LogP contribution in [0.1, 0.15) is 24.0 Å². The van der Waals surface area contributed by atoms with Gasteiger partial charge in [0.2, 0.25) is 0 Å². The average Bonchev–Trinajstić information content (AvgIpc) is 2.72. The Hall–Kier alpha value is -1.23. The number of nitrogens with two attached hydrogens (primary N) is 1. The number of hydrogen-bond acceptors (Lipinski definition) is 2. The van der Waals surface area contributed by atoms with Crippen molar-refractivity contribution < 1.29 is 13.2 Å². The zero-order valence-electron chi connectivity index (χ0n) is 9.43. The molecule has 2 rings (SSSR count). The predicted molar refractivity (Wildman–Crippen MR) is 60.4 cm³/mol. The number of nitrogen functional groups attached to an aromatic ring is 1. The third-order valence-corrected chi connectivity index (χ3v) is 3.10. The Morgan fingerprint density at radius 3 is 2.41 bits per heavy atom. The van der Waals surface area contributed by atoms with Crippen LogP contribution < -0.4 is 5.73 Å². The van der Waals surface area contributed by atoms with Gasteiger partial charge in [-0.3, -0.25) is 4.90 Å². The van der Waals surface area contributed by atoms with Crippen LogP contribution in [-0.4, -0.2) is 18.0 Å². The van der Waals surface area contributed by atoms with Gasteiger partial charge in [-0.1, -0.05) is 6.07 Å². The molecule has 0 aliphatic carbocycles. The van der Waals surface area contributed by atoms with Crippen LogP contribution in [0.2, 0.25) is 0 Å². The van der Waals surface area contributed by atoms with Crippen molar-refractivity contribution in [1.29, 1.82) is 0 Å². The molecule has 1 aliphatic rings. The number of nitrogens with zero attached hydrogens (tertiary/aromatic N) is 1. The van der Waals surface area contributed by atoms with E-state index in [-0.39, 0.29) is 11.3 Å². The third-order valence-electron chi connectivity index (χ3n) is 3.10. The lowest BCUT2D eigenvalue weighted by Gasteiger charge is -2.20. The van der Waals surface area contributed by atoms with E-state index in [9.17, 15) is 13.2 Å². The van der Waals surface area contributed by atoms with Gasteiger partial charge in [-0.05, 0) is 38.1 Å². The zero-order valence-corrected chi connectivity index (χ0v) is 9.43. The first kappa shape index (κ1) is 12.2. The molecule has 0 spiro atoms. The smallest absolute Gasteiger partial charge is 0.398 e. The monoisotopic (exact) mass is 244 g/mol. The molecule has 1 aliphatic heterocycles. The van der Waals surface area contributed by atoms with Crippen LogP contribution in [0.4, 0.5) is 18.9 Å². The standard InChI is InChI=1S/C12H15F3N2/c13-12(14,15)10-4-3-5-11(16)9(10)8-17-6-1-2-7-17/h3-5H,1-2,6-8,16H2. The van der Waals surface area contributed by atoms with Gasteiger partial charge in [-0.15, -0.1) is 0 Å². The second kappa shape index (κ2) is 4.56. The van der Waals surface area contributed by atoms with Crippen LogP contribution in [0.15, 0.2) is 18.2 Å². The predicted octanol–water partition coefficient (Wildman–Crippen LogP) is 2.88. The largest absolute Gasteiger partial charge is 0.416 e. The summed E-state index contributed by atoms with van der Waals surface area (Å²) in [6.07, 6.45) is -2.23. The molecule has 17 heavy (non-hydrogen) atoms. The molecule has 1 saturated heterocycles. The first-order chi connectivity index (χ1) is 7.98. The fourth-order valence-corrected chi connectivity index (χ4v) is 2.21. The minimum absolute atomic E-state index is 0.210. The third kappa shape index (κ3) is 2.72. The second-order valence-corrected chi connectivity index (χ2v) is 4.35. The van der Waals surface area contributed by atoms with Crippen LogP contribution in [0.5, 0.6) is 0 Å². The Morgan fingerprint density at radius 1 is 1.18 bits per heavy atom. The van der Waals surface area contributed by atoms with E-state index in [4.69, 9.17) is 5.73 Å². The van der Waals surface area contributed by atoms with E-state index >= 15 is 0 Å². The van der Waals surface area contributed by atoms with Gasteiger partial charge in [0.25, 0.3) is 0 Å². The van der Waals surface area contributed by atoms with Crippen LogP contribution >= 0.6 is 0 Å². The quantitative estimate of drug-likeness (QED) is 0.810. The zero-order chi connectivity index (χ0) is 12.5. The van der Waals surface area contributed by atoms with Gasteiger partial charge in [-0.2, -0.15) is 13.2 Å². The molecule has 0 unspecified atom stereocenters. The van der Waals surface area contributed by atoms with Gasteiger partial charge in [0.1, 0.15) is 0 Å². The van der Waals surface area contributed by atoms with Crippen molar-refractivity contribution in [3.05, 3.63) is 29.3 Å². The van der Waals surface area contributed by atoms with Gasteiger partial charge in [0.15, 0.2) is 0 Å². The Balaban J connectivity index is 2.30. The lowest BCUT2D eigenvalue weighted by molar-refractivity contribution is -0.138. The van der Waals surface area contributed by atoms with Crippen molar-refractivity contribution in [2.75, 3.05) is 18.8 Å². The second-order valence-electron chi connectivity index (χ2n) is 4.35. The molecular weight excluding hydrogens is 229 g/mol. The summed E-state index contributed by atoms with van der Waals surface area (Å²) < 4.78 is 38.5. The van der Waals surface area contributed by atoms with Crippen molar-refractivity contribution >= 4 is 5.69 Å². The van der Waals surface area contributed by atoms with Crippen molar-refractivity contribution in [3.8, 4) is 0 Å². The van der Waals surface area contributed by atoms with E-state index in [1.807, 2.05) is 4.90 Å². The van der Waals surface area contributed by atoms with Gasteiger partial charge in [0, 0.05) is 17.8 Å².